The lowest BCUT2D eigenvalue weighted by Gasteiger charge is -2.22. The summed E-state index contributed by atoms with van der Waals surface area (Å²) in [6, 6.07) is 17.6. The van der Waals surface area contributed by atoms with Crippen molar-refractivity contribution in [2.75, 3.05) is 4.90 Å². The standard InChI is InChI=1S/C18H20N2/c1-3-9-15(10-4-1)20-17(16-11-5-8-14-19-16)18(20)12-6-2-7-13-18/h1,3-5,8-11,14,17H,2,6-7,12-13H2. The van der Waals surface area contributed by atoms with E-state index in [1.54, 1.807) is 0 Å². The van der Waals surface area contributed by atoms with Gasteiger partial charge in [-0.1, -0.05) is 43.5 Å². The lowest BCUT2D eigenvalue weighted by atomic mass is 9.85. The minimum absolute atomic E-state index is 0.341. The summed E-state index contributed by atoms with van der Waals surface area (Å²) in [5.74, 6) is 0. The molecule has 4 rings (SSSR count). The van der Waals surface area contributed by atoms with Gasteiger partial charge in [0.15, 0.2) is 0 Å². The largest absolute Gasteiger partial charge is 0.352 e. The predicted molar refractivity (Wildman–Crippen MR) is 81.7 cm³/mol. The molecule has 2 fully saturated rings. The number of hydrogen-bond acceptors (Lipinski definition) is 2. The van der Waals surface area contributed by atoms with E-state index in [1.165, 1.54) is 43.5 Å². The van der Waals surface area contributed by atoms with Crippen molar-refractivity contribution in [2.45, 2.75) is 43.7 Å². The number of anilines is 1. The number of para-hydroxylation sites is 1. The van der Waals surface area contributed by atoms with E-state index in [1.807, 2.05) is 12.3 Å². The molecule has 0 amide bonds. The maximum absolute atomic E-state index is 4.62. The summed E-state index contributed by atoms with van der Waals surface area (Å²) >= 11 is 0. The molecule has 1 unspecified atom stereocenters. The zero-order valence-corrected chi connectivity index (χ0v) is 11.7. The Bertz CT molecular complexity index is 525. The normalized spacial score (nSPS) is 23.8. The molecule has 2 nitrogen and oxygen atoms in total. The fourth-order valence-electron chi connectivity index (χ4n) is 3.99. The average Bonchev–Trinajstić information content (AvgIpc) is 3.17. The second-order valence-electron chi connectivity index (χ2n) is 6.03. The van der Waals surface area contributed by atoms with E-state index in [4.69, 9.17) is 0 Å². The molecule has 102 valence electrons. The van der Waals surface area contributed by atoms with Crippen LogP contribution >= 0.6 is 0 Å². The van der Waals surface area contributed by atoms with Gasteiger partial charge in [0, 0.05) is 11.9 Å². The summed E-state index contributed by atoms with van der Waals surface area (Å²) in [6.07, 6.45) is 8.64. The molecular formula is C18H20N2. The summed E-state index contributed by atoms with van der Waals surface area (Å²) in [5.41, 5.74) is 2.93. The maximum Gasteiger partial charge on any atom is 0.0951 e. The Balaban J connectivity index is 1.73. The van der Waals surface area contributed by atoms with Crippen LogP contribution in [-0.2, 0) is 0 Å². The van der Waals surface area contributed by atoms with Crippen LogP contribution in [0.3, 0.4) is 0 Å². The van der Waals surface area contributed by atoms with Gasteiger partial charge in [0.25, 0.3) is 0 Å². The van der Waals surface area contributed by atoms with Crippen LogP contribution in [0.5, 0.6) is 0 Å². The first-order valence-electron chi connectivity index (χ1n) is 7.67. The fraction of sp³-hybridized carbons (Fsp3) is 0.389. The highest BCUT2D eigenvalue weighted by Gasteiger charge is 2.63. The first-order valence-corrected chi connectivity index (χ1v) is 7.67. The van der Waals surface area contributed by atoms with Crippen LogP contribution in [0.2, 0.25) is 0 Å². The number of rotatable bonds is 2. The zero-order valence-electron chi connectivity index (χ0n) is 11.7. The lowest BCUT2D eigenvalue weighted by Crippen LogP contribution is -2.22. The van der Waals surface area contributed by atoms with Gasteiger partial charge in [-0.25, -0.2) is 0 Å². The van der Waals surface area contributed by atoms with Gasteiger partial charge in [-0.2, -0.15) is 0 Å². The van der Waals surface area contributed by atoms with E-state index in [9.17, 15) is 0 Å². The molecule has 2 heteroatoms. The van der Waals surface area contributed by atoms with Crippen molar-refractivity contribution in [1.29, 1.82) is 0 Å². The Morgan fingerprint density at radius 1 is 0.900 bits per heavy atom. The lowest BCUT2D eigenvalue weighted by molar-refractivity contribution is 0.407. The topological polar surface area (TPSA) is 15.9 Å². The highest BCUT2D eigenvalue weighted by molar-refractivity contribution is 5.62. The minimum atomic E-state index is 0.341. The van der Waals surface area contributed by atoms with E-state index in [2.05, 4.69) is 52.3 Å². The van der Waals surface area contributed by atoms with Crippen LogP contribution in [0.4, 0.5) is 5.69 Å². The molecule has 2 heterocycles. The van der Waals surface area contributed by atoms with Gasteiger partial charge in [-0.05, 0) is 37.1 Å². The van der Waals surface area contributed by atoms with Crippen molar-refractivity contribution in [3.05, 3.63) is 60.4 Å². The molecule has 2 aliphatic rings. The number of pyridine rings is 1. The van der Waals surface area contributed by atoms with Crippen LogP contribution in [0, 0.1) is 0 Å². The molecule has 0 N–H and O–H groups in total. The van der Waals surface area contributed by atoms with E-state index in [0.29, 0.717) is 11.6 Å². The van der Waals surface area contributed by atoms with Gasteiger partial charge in [0.1, 0.15) is 0 Å². The van der Waals surface area contributed by atoms with Crippen molar-refractivity contribution < 1.29 is 0 Å². The second-order valence-corrected chi connectivity index (χ2v) is 6.03. The molecule has 1 saturated carbocycles. The van der Waals surface area contributed by atoms with Crippen LogP contribution in [0.25, 0.3) is 0 Å². The van der Waals surface area contributed by atoms with Crippen LogP contribution in [0.1, 0.15) is 43.8 Å². The third kappa shape index (κ3) is 1.75. The zero-order chi connectivity index (χ0) is 13.4. The van der Waals surface area contributed by atoms with Crippen molar-refractivity contribution in [3.8, 4) is 0 Å². The Morgan fingerprint density at radius 3 is 2.35 bits per heavy atom. The smallest absolute Gasteiger partial charge is 0.0951 e. The Kier molecular flexibility index (Phi) is 2.76. The Hall–Kier alpha value is -1.83. The molecule has 1 aromatic heterocycles. The van der Waals surface area contributed by atoms with Crippen molar-refractivity contribution in [1.82, 2.24) is 4.98 Å². The van der Waals surface area contributed by atoms with Gasteiger partial charge in [-0.3, -0.25) is 4.98 Å². The van der Waals surface area contributed by atoms with Crippen LogP contribution < -0.4 is 4.90 Å². The summed E-state index contributed by atoms with van der Waals surface area (Å²) < 4.78 is 0. The first-order chi connectivity index (χ1) is 9.92. The van der Waals surface area contributed by atoms with Gasteiger partial charge in [0.05, 0.1) is 17.3 Å². The number of aromatic nitrogens is 1. The first kappa shape index (κ1) is 12.0. The van der Waals surface area contributed by atoms with Crippen LogP contribution in [-0.4, -0.2) is 10.5 Å². The van der Waals surface area contributed by atoms with Crippen molar-refractivity contribution >= 4 is 5.69 Å². The molecule has 20 heavy (non-hydrogen) atoms. The summed E-state index contributed by atoms with van der Waals surface area (Å²) in [5, 5.41) is 0. The monoisotopic (exact) mass is 264 g/mol. The van der Waals surface area contributed by atoms with E-state index in [-0.39, 0.29) is 0 Å². The highest BCUT2D eigenvalue weighted by Crippen LogP contribution is 2.61. The Labute approximate surface area is 120 Å². The summed E-state index contributed by atoms with van der Waals surface area (Å²) in [4.78, 5) is 7.23. The third-order valence-corrected chi connectivity index (χ3v) is 4.90. The molecule has 0 radical (unpaired) electrons. The summed E-state index contributed by atoms with van der Waals surface area (Å²) in [7, 11) is 0. The molecule has 1 atom stereocenters. The molecule has 1 saturated heterocycles. The Morgan fingerprint density at radius 2 is 1.65 bits per heavy atom. The molecule has 1 aliphatic carbocycles. The SMILES string of the molecule is c1ccc(N2C(c3ccccn3)C23CCCCC3)cc1. The van der Waals surface area contributed by atoms with Crippen LogP contribution in [0.15, 0.2) is 54.7 Å². The van der Waals surface area contributed by atoms with E-state index < -0.39 is 0 Å². The number of benzene rings is 1. The van der Waals surface area contributed by atoms with Gasteiger partial charge in [0.2, 0.25) is 0 Å². The molecule has 2 aromatic rings. The fourth-order valence-corrected chi connectivity index (χ4v) is 3.99. The second kappa shape index (κ2) is 4.62. The molecule has 1 aliphatic heterocycles. The number of nitrogens with zero attached hydrogens (tertiary/aromatic N) is 2. The maximum atomic E-state index is 4.62. The minimum Gasteiger partial charge on any atom is -0.352 e. The van der Waals surface area contributed by atoms with Crippen molar-refractivity contribution in [2.24, 2.45) is 0 Å². The van der Waals surface area contributed by atoms with Gasteiger partial charge in [-0.15, -0.1) is 0 Å². The molecule has 0 bridgehead atoms. The van der Waals surface area contributed by atoms with E-state index >= 15 is 0 Å². The number of hydrogen-bond donors (Lipinski definition) is 0. The summed E-state index contributed by atoms with van der Waals surface area (Å²) in [6.45, 7) is 0. The third-order valence-electron chi connectivity index (χ3n) is 4.90. The molecule has 1 aromatic carbocycles. The quantitative estimate of drug-likeness (QED) is 0.750. The average molecular weight is 264 g/mol. The molecular weight excluding hydrogens is 244 g/mol. The van der Waals surface area contributed by atoms with Gasteiger partial charge < -0.3 is 4.90 Å². The van der Waals surface area contributed by atoms with Gasteiger partial charge >= 0.3 is 0 Å². The predicted octanol–water partition coefficient (Wildman–Crippen LogP) is 4.35. The van der Waals surface area contributed by atoms with Crippen molar-refractivity contribution in [3.63, 3.8) is 0 Å². The highest BCUT2D eigenvalue weighted by atomic mass is 15.4. The van der Waals surface area contributed by atoms with E-state index in [0.717, 1.165) is 0 Å². The molecule has 1 spiro atoms.